The van der Waals surface area contributed by atoms with Gasteiger partial charge in [0.25, 0.3) is 0 Å². The molecule has 0 bridgehead atoms. The van der Waals surface area contributed by atoms with E-state index in [4.69, 9.17) is 0 Å². The van der Waals surface area contributed by atoms with Gasteiger partial charge in [-0.25, -0.2) is 0 Å². The number of hydrogen-bond donors (Lipinski definition) is 0. The minimum absolute atomic E-state index is 0.101. The Bertz CT molecular complexity index is 127. The SMILES string of the molecule is CCC#CCC(C)C=O. The standard InChI is InChI=1S/C8H12O/c1-3-4-5-6-8(2)7-9/h7-8H,3,6H2,1-2H3. The minimum Gasteiger partial charge on any atom is -0.303 e. The third-order valence-electron chi connectivity index (χ3n) is 0.958. The lowest BCUT2D eigenvalue weighted by Gasteiger charge is -1.90. The molecule has 0 saturated heterocycles. The summed E-state index contributed by atoms with van der Waals surface area (Å²) >= 11 is 0. The monoisotopic (exact) mass is 124 g/mol. The molecule has 0 spiro atoms. The molecule has 0 N–H and O–H groups in total. The molecule has 0 heterocycles. The maximum Gasteiger partial charge on any atom is 0.123 e. The Kier molecular flexibility index (Phi) is 4.91. The van der Waals surface area contributed by atoms with Crippen LogP contribution < -0.4 is 0 Å². The molecule has 1 heteroatoms. The van der Waals surface area contributed by atoms with Crippen LogP contribution in [0.4, 0.5) is 0 Å². The van der Waals surface area contributed by atoms with Crippen LogP contribution in [0, 0.1) is 17.8 Å². The van der Waals surface area contributed by atoms with Crippen LogP contribution >= 0.6 is 0 Å². The number of rotatable bonds is 2. The summed E-state index contributed by atoms with van der Waals surface area (Å²) in [4.78, 5) is 10.0. The number of aldehydes is 1. The fourth-order valence-corrected chi connectivity index (χ4v) is 0.406. The topological polar surface area (TPSA) is 17.1 Å². The molecule has 1 unspecified atom stereocenters. The van der Waals surface area contributed by atoms with Gasteiger partial charge >= 0.3 is 0 Å². The van der Waals surface area contributed by atoms with E-state index >= 15 is 0 Å². The van der Waals surface area contributed by atoms with Crippen molar-refractivity contribution in [3.8, 4) is 11.8 Å². The summed E-state index contributed by atoms with van der Waals surface area (Å²) in [6.45, 7) is 3.87. The smallest absolute Gasteiger partial charge is 0.123 e. The van der Waals surface area contributed by atoms with Gasteiger partial charge < -0.3 is 4.79 Å². The lowest BCUT2D eigenvalue weighted by Crippen LogP contribution is -1.91. The van der Waals surface area contributed by atoms with E-state index in [1.807, 2.05) is 13.8 Å². The fourth-order valence-electron chi connectivity index (χ4n) is 0.406. The molecule has 0 aromatic heterocycles. The molecule has 9 heavy (non-hydrogen) atoms. The third kappa shape index (κ3) is 5.10. The van der Waals surface area contributed by atoms with Crippen molar-refractivity contribution in [1.29, 1.82) is 0 Å². The summed E-state index contributed by atoms with van der Waals surface area (Å²) in [5.41, 5.74) is 0. The summed E-state index contributed by atoms with van der Waals surface area (Å²) < 4.78 is 0. The first-order chi connectivity index (χ1) is 4.31. The van der Waals surface area contributed by atoms with Gasteiger partial charge in [0.05, 0.1) is 0 Å². The van der Waals surface area contributed by atoms with E-state index in [1.54, 1.807) is 0 Å². The predicted octanol–water partition coefficient (Wildman–Crippen LogP) is 1.62. The summed E-state index contributed by atoms with van der Waals surface area (Å²) in [6, 6.07) is 0. The van der Waals surface area contributed by atoms with Crippen molar-refractivity contribution in [3.63, 3.8) is 0 Å². The van der Waals surface area contributed by atoms with E-state index in [0.29, 0.717) is 6.42 Å². The van der Waals surface area contributed by atoms with Crippen LogP contribution in [0.5, 0.6) is 0 Å². The second kappa shape index (κ2) is 5.37. The highest BCUT2D eigenvalue weighted by atomic mass is 16.1. The molecule has 0 aromatic carbocycles. The highest BCUT2D eigenvalue weighted by Crippen LogP contribution is 1.93. The molecule has 0 amide bonds. The quantitative estimate of drug-likeness (QED) is 0.404. The molecule has 1 atom stereocenters. The molecule has 0 saturated carbocycles. The molecule has 0 aliphatic carbocycles. The van der Waals surface area contributed by atoms with Crippen molar-refractivity contribution in [3.05, 3.63) is 0 Å². The predicted molar refractivity (Wildman–Crippen MR) is 37.9 cm³/mol. The van der Waals surface area contributed by atoms with E-state index < -0.39 is 0 Å². The van der Waals surface area contributed by atoms with Gasteiger partial charge in [0.15, 0.2) is 0 Å². The number of carbonyl (C=O) groups is 1. The van der Waals surface area contributed by atoms with Crippen molar-refractivity contribution < 1.29 is 4.79 Å². The van der Waals surface area contributed by atoms with Gasteiger partial charge in [-0.3, -0.25) is 0 Å². The first kappa shape index (κ1) is 8.23. The first-order valence-corrected chi connectivity index (χ1v) is 3.22. The zero-order valence-electron chi connectivity index (χ0n) is 5.98. The summed E-state index contributed by atoms with van der Waals surface area (Å²) in [5.74, 6) is 5.91. The molecule has 0 aromatic rings. The van der Waals surface area contributed by atoms with Crippen molar-refractivity contribution in [2.24, 2.45) is 5.92 Å². The molecule has 0 rings (SSSR count). The van der Waals surface area contributed by atoms with Gasteiger partial charge in [0.2, 0.25) is 0 Å². The van der Waals surface area contributed by atoms with Crippen LogP contribution in [0.2, 0.25) is 0 Å². The van der Waals surface area contributed by atoms with E-state index in [0.717, 1.165) is 12.7 Å². The average Bonchev–Trinajstić information content (AvgIpc) is 1.89. The van der Waals surface area contributed by atoms with Crippen molar-refractivity contribution in [2.75, 3.05) is 0 Å². The Morgan fingerprint density at radius 3 is 2.67 bits per heavy atom. The van der Waals surface area contributed by atoms with Crippen molar-refractivity contribution in [2.45, 2.75) is 26.7 Å². The molecule has 0 fully saturated rings. The minimum atomic E-state index is 0.101. The zero-order valence-corrected chi connectivity index (χ0v) is 5.98. The zero-order chi connectivity index (χ0) is 7.11. The van der Waals surface area contributed by atoms with Crippen LogP contribution in [0.3, 0.4) is 0 Å². The second-order valence-electron chi connectivity index (χ2n) is 2.02. The van der Waals surface area contributed by atoms with Gasteiger partial charge in [-0.1, -0.05) is 13.8 Å². The molecule has 0 aliphatic heterocycles. The maximum absolute atomic E-state index is 10.0. The average molecular weight is 124 g/mol. The third-order valence-corrected chi connectivity index (χ3v) is 0.958. The maximum atomic E-state index is 10.0. The summed E-state index contributed by atoms with van der Waals surface area (Å²) in [5, 5.41) is 0. The van der Waals surface area contributed by atoms with Crippen molar-refractivity contribution in [1.82, 2.24) is 0 Å². The van der Waals surface area contributed by atoms with Gasteiger partial charge in [-0.15, -0.1) is 11.8 Å². The second-order valence-corrected chi connectivity index (χ2v) is 2.02. The Morgan fingerprint density at radius 1 is 1.56 bits per heavy atom. The Morgan fingerprint density at radius 2 is 2.22 bits per heavy atom. The van der Waals surface area contributed by atoms with Crippen LogP contribution in [-0.2, 0) is 4.79 Å². The fraction of sp³-hybridized carbons (Fsp3) is 0.625. The summed E-state index contributed by atoms with van der Waals surface area (Å²) in [7, 11) is 0. The Balaban J connectivity index is 3.36. The number of carbonyl (C=O) groups excluding carboxylic acids is 1. The molecule has 50 valence electrons. The van der Waals surface area contributed by atoms with E-state index in [2.05, 4.69) is 11.8 Å². The van der Waals surface area contributed by atoms with Crippen LogP contribution in [-0.4, -0.2) is 6.29 Å². The van der Waals surface area contributed by atoms with Crippen LogP contribution in [0.15, 0.2) is 0 Å². The first-order valence-electron chi connectivity index (χ1n) is 3.22. The van der Waals surface area contributed by atoms with Gasteiger partial charge in [-0.05, 0) is 0 Å². The molecular formula is C8H12O. The lowest BCUT2D eigenvalue weighted by molar-refractivity contribution is -0.110. The Labute approximate surface area is 56.5 Å². The van der Waals surface area contributed by atoms with E-state index in [9.17, 15) is 4.79 Å². The van der Waals surface area contributed by atoms with E-state index in [1.165, 1.54) is 0 Å². The van der Waals surface area contributed by atoms with E-state index in [-0.39, 0.29) is 5.92 Å². The highest BCUT2D eigenvalue weighted by molar-refractivity contribution is 5.53. The van der Waals surface area contributed by atoms with Crippen LogP contribution in [0.1, 0.15) is 26.7 Å². The molecular weight excluding hydrogens is 112 g/mol. The van der Waals surface area contributed by atoms with Gasteiger partial charge in [-0.2, -0.15) is 0 Å². The lowest BCUT2D eigenvalue weighted by atomic mass is 10.1. The number of hydrogen-bond acceptors (Lipinski definition) is 1. The normalized spacial score (nSPS) is 11.3. The van der Waals surface area contributed by atoms with Crippen LogP contribution in [0.25, 0.3) is 0 Å². The van der Waals surface area contributed by atoms with Gasteiger partial charge in [0.1, 0.15) is 6.29 Å². The Hall–Kier alpha value is -0.770. The molecule has 0 aliphatic rings. The molecule has 1 nitrogen and oxygen atoms in total. The molecule has 0 radical (unpaired) electrons. The van der Waals surface area contributed by atoms with Gasteiger partial charge in [0, 0.05) is 18.8 Å². The summed E-state index contributed by atoms with van der Waals surface area (Å²) in [6.07, 6.45) is 2.52. The van der Waals surface area contributed by atoms with Crippen molar-refractivity contribution >= 4 is 6.29 Å². The highest BCUT2D eigenvalue weighted by Gasteiger charge is 1.92. The largest absolute Gasteiger partial charge is 0.303 e.